The van der Waals surface area contributed by atoms with Gasteiger partial charge in [-0.05, 0) is 6.92 Å². The fourth-order valence-electron chi connectivity index (χ4n) is 7.07. The molecule has 0 aliphatic carbocycles. The minimum Gasteiger partial charge on any atom is -0.394 e. The highest BCUT2D eigenvalue weighted by Gasteiger charge is 2.54. The van der Waals surface area contributed by atoms with Crippen molar-refractivity contribution in [2.24, 2.45) is 0 Å². The third-order valence-electron chi connectivity index (χ3n) is 10.6. The molecule has 57 heavy (non-hydrogen) atoms. The molecule has 0 saturated carbocycles. The van der Waals surface area contributed by atoms with Gasteiger partial charge in [0, 0.05) is 14.2 Å². The summed E-state index contributed by atoms with van der Waals surface area (Å²) in [5, 5.41) is 148. The van der Waals surface area contributed by atoms with Crippen LogP contribution >= 0.6 is 0 Å². The molecule has 0 aromatic rings. The molecule has 5 rings (SSSR count). The van der Waals surface area contributed by atoms with Crippen LogP contribution in [0.5, 0.6) is 0 Å². The van der Waals surface area contributed by atoms with Crippen LogP contribution in [0.4, 0.5) is 0 Å². The zero-order valence-electron chi connectivity index (χ0n) is 31.0. The molecule has 14 N–H and O–H groups in total. The lowest BCUT2D eigenvalue weighted by molar-refractivity contribution is -0.388. The summed E-state index contributed by atoms with van der Waals surface area (Å²) in [6.45, 7) is -1.00. The van der Waals surface area contributed by atoms with Crippen molar-refractivity contribution in [1.29, 1.82) is 0 Å². The maximum atomic E-state index is 11.4. The van der Waals surface area contributed by atoms with E-state index >= 15 is 0 Å². The number of hydrogen-bond donors (Lipinski definition) is 14. The first kappa shape index (κ1) is 47.1. The van der Waals surface area contributed by atoms with Crippen LogP contribution in [0, 0.1) is 0 Å². The van der Waals surface area contributed by atoms with Crippen molar-refractivity contribution in [1.82, 2.24) is 0 Å². The Morgan fingerprint density at radius 3 is 1.37 bits per heavy atom. The molecule has 0 radical (unpaired) electrons. The van der Waals surface area contributed by atoms with E-state index in [0.717, 1.165) is 0 Å². The van der Waals surface area contributed by atoms with Gasteiger partial charge in [-0.25, -0.2) is 0 Å². The van der Waals surface area contributed by atoms with E-state index in [0.29, 0.717) is 0 Å². The van der Waals surface area contributed by atoms with Gasteiger partial charge in [0.2, 0.25) is 0 Å². The summed E-state index contributed by atoms with van der Waals surface area (Å²) in [6, 6.07) is 0. The Morgan fingerprint density at radius 2 is 0.807 bits per heavy atom. The van der Waals surface area contributed by atoms with Crippen LogP contribution in [0.3, 0.4) is 0 Å². The van der Waals surface area contributed by atoms with Gasteiger partial charge in [0.25, 0.3) is 0 Å². The van der Waals surface area contributed by atoms with Gasteiger partial charge in [-0.1, -0.05) is 0 Å². The zero-order chi connectivity index (χ0) is 42.0. The van der Waals surface area contributed by atoms with Crippen LogP contribution in [0.15, 0.2) is 0 Å². The van der Waals surface area contributed by atoms with Crippen LogP contribution < -0.4 is 0 Å². The third-order valence-corrected chi connectivity index (χ3v) is 10.6. The van der Waals surface area contributed by atoms with Crippen LogP contribution in [-0.4, -0.2) is 266 Å². The largest absolute Gasteiger partial charge is 0.394 e. The second-order valence-corrected chi connectivity index (χ2v) is 14.5. The number of hydrogen-bond acceptors (Lipinski definition) is 25. The first-order valence-electron chi connectivity index (χ1n) is 18.2. The Bertz CT molecular complexity index is 1220. The van der Waals surface area contributed by atoms with Crippen LogP contribution in [0.1, 0.15) is 6.92 Å². The predicted molar refractivity (Wildman–Crippen MR) is 175 cm³/mol. The van der Waals surface area contributed by atoms with E-state index in [-0.39, 0.29) is 6.61 Å². The smallest absolute Gasteiger partial charge is 0.187 e. The number of aliphatic hydroxyl groups is 14. The normalized spacial score (nSPS) is 52.5. The Kier molecular flexibility index (Phi) is 16.7. The summed E-state index contributed by atoms with van der Waals surface area (Å²) in [5.74, 6) is 0. The Labute approximate surface area is 324 Å². The lowest BCUT2D eigenvalue weighted by Gasteiger charge is -2.48. The van der Waals surface area contributed by atoms with Crippen molar-refractivity contribution in [3.05, 3.63) is 0 Å². The Morgan fingerprint density at radius 1 is 0.386 bits per heavy atom. The van der Waals surface area contributed by atoms with Gasteiger partial charge in [0.05, 0.1) is 32.5 Å². The number of aliphatic hydroxyl groups excluding tert-OH is 14. The highest BCUT2D eigenvalue weighted by molar-refractivity contribution is 4.97. The molecular formula is C32H56O25. The van der Waals surface area contributed by atoms with Gasteiger partial charge in [-0.15, -0.1) is 0 Å². The van der Waals surface area contributed by atoms with Crippen molar-refractivity contribution in [3.8, 4) is 0 Å². The summed E-state index contributed by atoms with van der Waals surface area (Å²) >= 11 is 0. The molecule has 5 fully saturated rings. The molecule has 5 saturated heterocycles. The molecule has 0 unspecified atom stereocenters. The molecule has 5 aliphatic heterocycles. The lowest BCUT2D eigenvalue weighted by atomic mass is 9.96. The van der Waals surface area contributed by atoms with Crippen molar-refractivity contribution in [2.45, 2.75) is 160 Å². The quantitative estimate of drug-likeness (QED) is 0.0772. The summed E-state index contributed by atoms with van der Waals surface area (Å²) in [7, 11) is 2.47. The van der Waals surface area contributed by atoms with E-state index in [1.165, 1.54) is 21.1 Å². The fourth-order valence-corrected chi connectivity index (χ4v) is 7.07. The second-order valence-electron chi connectivity index (χ2n) is 14.5. The van der Waals surface area contributed by atoms with Gasteiger partial charge < -0.3 is 124 Å². The Hall–Kier alpha value is -1.00. The molecule has 25 nitrogen and oxygen atoms in total. The van der Waals surface area contributed by atoms with Gasteiger partial charge in [0.1, 0.15) is 116 Å². The number of rotatable bonds is 14. The first-order valence-corrected chi connectivity index (χ1v) is 18.2. The van der Waals surface area contributed by atoms with Gasteiger partial charge in [-0.3, -0.25) is 0 Å². The molecule has 0 spiro atoms. The zero-order valence-corrected chi connectivity index (χ0v) is 31.0. The van der Waals surface area contributed by atoms with Crippen LogP contribution in [0.25, 0.3) is 0 Å². The molecule has 25 atom stereocenters. The molecule has 0 bridgehead atoms. The van der Waals surface area contributed by atoms with Crippen LogP contribution in [-0.2, 0) is 52.1 Å². The van der Waals surface area contributed by atoms with E-state index in [9.17, 15) is 71.5 Å². The van der Waals surface area contributed by atoms with Crippen molar-refractivity contribution in [2.75, 3.05) is 40.6 Å². The maximum Gasteiger partial charge on any atom is 0.187 e. The highest BCUT2D eigenvalue weighted by atomic mass is 16.8. The molecule has 5 aliphatic rings. The van der Waals surface area contributed by atoms with E-state index in [1.807, 2.05) is 0 Å². The van der Waals surface area contributed by atoms with Crippen molar-refractivity contribution >= 4 is 0 Å². The monoisotopic (exact) mass is 840 g/mol. The van der Waals surface area contributed by atoms with Gasteiger partial charge in [-0.2, -0.15) is 0 Å². The number of methoxy groups -OCH3 is 2. The summed E-state index contributed by atoms with van der Waals surface area (Å²) in [4.78, 5) is 0. The molecule has 334 valence electrons. The molecule has 0 aromatic heterocycles. The van der Waals surface area contributed by atoms with Gasteiger partial charge in [0.15, 0.2) is 31.5 Å². The summed E-state index contributed by atoms with van der Waals surface area (Å²) in [6.07, 6.45) is -42.0. The molecule has 0 aromatic carbocycles. The van der Waals surface area contributed by atoms with Gasteiger partial charge >= 0.3 is 0 Å². The van der Waals surface area contributed by atoms with Crippen molar-refractivity contribution in [3.63, 3.8) is 0 Å². The summed E-state index contributed by atoms with van der Waals surface area (Å²) in [5.41, 5.74) is 0. The highest BCUT2D eigenvalue weighted by Crippen LogP contribution is 2.34. The topological polar surface area (TPSA) is 385 Å². The van der Waals surface area contributed by atoms with E-state index in [2.05, 4.69) is 0 Å². The van der Waals surface area contributed by atoms with E-state index in [1.54, 1.807) is 0 Å². The van der Waals surface area contributed by atoms with Crippen LogP contribution in [0.2, 0.25) is 0 Å². The molecular weight excluding hydrogens is 784 g/mol. The lowest BCUT2D eigenvalue weighted by Crippen LogP contribution is -2.66. The standard InChI is InChI=1S/C32H56O25/c1-8-13(34)26(56-30-24(45)18(39)14(35)9(4-33)52-30)25(46)31(51-8)57-27-21(42)17(38)12(6-49-29-23(44)20(41)15(36)10(54-29)5-47-2)55-32(27)50-7-11-16(37)19(40)22(43)28(48-3)53-11/h8-46H,4-7H2,1-3H3/t8-,9+,10+,11+,12+,13+,14+,15-,16-,17-,18-,19-,20-,21-,22+,23+,24-,25-,26+,27+,28-,29-,30+,31-,32-/m0/s1. The molecule has 25 heteroatoms. The molecule has 0 amide bonds. The van der Waals surface area contributed by atoms with E-state index < -0.39 is 173 Å². The minimum absolute atomic E-state index is 0.203. The second kappa shape index (κ2) is 20.2. The molecule has 5 heterocycles. The SMILES string of the molecule is COC[C@H]1O[C@H](OC[C@H]2O[C@H](OC[C@H]3O[C@H](OC)[C@H](O)[C@@H](O)[C@H]3O)[C@H](O[C@@H]3O[C@@H](C)[C@@H](O)[C@@H](O[C@H]4O[C@H](CO)[C@@H](O)[C@H](O)[C@@H]4O)[C@@H]3O)[C@@H](O)[C@H]2O)[C@H](O)[C@@H](O)[C@H]1O. The average Bonchev–Trinajstić information content (AvgIpc) is 3.19. The number of ether oxygens (including phenoxy) is 11. The predicted octanol–water partition coefficient (Wildman–Crippen LogP) is -9.59. The average molecular weight is 841 g/mol. The van der Waals surface area contributed by atoms with E-state index in [4.69, 9.17) is 52.1 Å². The minimum atomic E-state index is -2.00. The maximum absolute atomic E-state index is 11.4. The fraction of sp³-hybridized carbons (Fsp3) is 1.00. The first-order chi connectivity index (χ1) is 26.9. The van der Waals surface area contributed by atoms with Crippen molar-refractivity contribution < 1.29 is 124 Å². The third kappa shape index (κ3) is 10.0. The summed E-state index contributed by atoms with van der Waals surface area (Å²) < 4.78 is 60.9. The Balaban J connectivity index is 1.34.